The molecule has 0 unspecified atom stereocenters. The average molecular weight is 384 g/mol. The van der Waals surface area contributed by atoms with Crippen molar-refractivity contribution in [3.05, 3.63) is 59.1 Å². The topological polar surface area (TPSA) is 54.5 Å². The molecule has 0 radical (unpaired) electrons. The number of piperidine rings is 1. The monoisotopic (exact) mass is 383 g/mol. The van der Waals surface area contributed by atoms with E-state index < -0.39 is 0 Å². The van der Waals surface area contributed by atoms with Crippen molar-refractivity contribution < 1.29 is 9.53 Å². The number of nitrogens with one attached hydrogen (secondary N) is 1. The van der Waals surface area contributed by atoms with Crippen molar-refractivity contribution in [2.24, 2.45) is 0 Å². The first-order valence-electron chi connectivity index (χ1n) is 9.10. The minimum absolute atomic E-state index is 0.0797. The Bertz CT molecular complexity index is 801. The summed E-state index contributed by atoms with van der Waals surface area (Å²) in [6, 6.07) is 8.19. The van der Waals surface area contributed by atoms with Crippen LogP contribution in [0.3, 0.4) is 0 Å². The van der Waals surface area contributed by atoms with Gasteiger partial charge in [-0.25, -0.2) is 4.98 Å². The molecule has 27 heavy (non-hydrogen) atoms. The lowest BCUT2D eigenvalue weighted by Crippen LogP contribution is -2.29. The predicted octanol–water partition coefficient (Wildman–Crippen LogP) is 4.35. The summed E-state index contributed by atoms with van der Waals surface area (Å²) in [6.45, 7) is 8.66. The average Bonchev–Trinajstić information content (AvgIpc) is 3.09. The van der Waals surface area contributed by atoms with Crippen LogP contribution < -0.4 is 10.1 Å². The van der Waals surface area contributed by atoms with Gasteiger partial charge in [-0.15, -0.1) is 11.3 Å². The van der Waals surface area contributed by atoms with Gasteiger partial charge in [-0.2, -0.15) is 0 Å². The first-order valence-corrected chi connectivity index (χ1v) is 9.92. The summed E-state index contributed by atoms with van der Waals surface area (Å²) in [6.07, 6.45) is 8.04. The SMILES string of the molecule is C=CCOc1ccc(C=C2CCN(Cc3cnc(NC(C)=O)s3)CC2)cc1. The Hall–Kier alpha value is -2.44. The second kappa shape index (κ2) is 9.48. The normalized spacial score (nSPS) is 14.6. The summed E-state index contributed by atoms with van der Waals surface area (Å²) in [4.78, 5) is 19.0. The third-order valence-corrected chi connectivity index (χ3v) is 5.23. The van der Waals surface area contributed by atoms with Gasteiger partial charge in [-0.3, -0.25) is 9.69 Å². The fourth-order valence-corrected chi connectivity index (χ4v) is 3.90. The van der Waals surface area contributed by atoms with Gasteiger partial charge in [0.1, 0.15) is 12.4 Å². The van der Waals surface area contributed by atoms with E-state index in [1.165, 1.54) is 22.9 Å². The number of nitrogens with zero attached hydrogens (tertiary/aromatic N) is 2. The van der Waals surface area contributed by atoms with Crippen molar-refractivity contribution >= 4 is 28.5 Å². The van der Waals surface area contributed by atoms with E-state index >= 15 is 0 Å². The number of carbonyl (C=O) groups is 1. The number of carbonyl (C=O) groups excluding carboxylic acids is 1. The van der Waals surface area contributed by atoms with Crippen molar-refractivity contribution in [3.63, 3.8) is 0 Å². The molecule has 1 aliphatic rings. The van der Waals surface area contributed by atoms with Crippen LogP contribution in [0.15, 0.2) is 48.7 Å². The Morgan fingerprint density at radius 3 is 2.74 bits per heavy atom. The molecule has 1 aromatic heterocycles. The summed E-state index contributed by atoms with van der Waals surface area (Å²) >= 11 is 1.55. The molecular formula is C21H25N3O2S. The van der Waals surface area contributed by atoms with Gasteiger partial charge < -0.3 is 10.1 Å². The molecule has 1 N–H and O–H groups in total. The number of benzene rings is 1. The summed E-state index contributed by atoms with van der Waals surface area (Å²) in [5, 5.41) is 3.42. The Morgan fingerprint density at radius 2 is 2.07 bits per heavy atom. The van der Waals surface area contributed by atoms with Crippen LogP contribution in [-0.2, 0) is 11.3 Å². The second-order valence-electron chi connectivity index (χ2n) is 6.56. The highest BCUT2D eigenvalue weighted by Crippen LogP contribution is 2.24. The molecule has 1 fully saturated rings. The zero-order valence-corrected chi connectivity index (χ0v) is 16.4. The lowest BCUT2D eigenvalue weighted by molar-refractivity contribution is -0.114. The third-order valence-electron chi connectivity index (χ3n) is 4.33. The van der Waals surface area contributed by atoms with E-state index in [-0.39, 0.29) is 5.91 Å². The van der Waals surface area contributed by atoms with Gasteiger partial charge in [0, 0.05) is 37.6 Å². The van der Waals surface area contributed by atoms with Crippen LogP contribution >= 0.6 is 11.3 Å². The number of amides is 1. The first kappa shape index (κ1) is 19.3. The molecule has 3 rings (SSSR count). The van der Waals surface area contributed by atoms with Gasteiger partial charge in [0.25, 0.3) is 0 Å². The number of hydrogen-bond acceptors (Lipinski definition) is 5. The van der Waals surface area contributed by atoms with E-state index in [0.29, 0.717) is 11.7 Å². The number of aromatic nitrogens is 1. The van der Waals surface area contributed by atoms with Crippen molar-refractivity contribution in [2.45, 2.75) is 26.3 Å². The zero-order chi connectivity index (χ0) is 19.1. The highest BCUT2D eigenvalue weighted by Gasteiger charge is 2.15. The summed E-state index contributed by atoms with van der Waals surface area (Å²) in [5.74, 6) is 0.791. The molecule has 0 atom stereocenters. The standard InChI is InChI=1S/C21H25N3O2S/c1-3-12-26-19-6-4-17(5-7-19)13-18-8-10-24(11-9-18)15-20-14-22-21(27-20)23-16(2)25/h3-7,13-14H,1,8-12,15H2,2H3,(H,22,23,25). The Labute approximate surface area is 164 Å². The minimum atomic E-state index is -0.0797. The van der Waals surface area contributed by atoms with Gasteiger partial charge in [0.15, 0.2) is 5.13 Å². The smallest absolute Gasteiger partial charge is 0.223 e. The Kier molecular flexibility index (Phi) is 6.79. The molecule has 1 amide bonds. The molecule has 0 spiro atoms. The molecule has 0 bridgehead atoms. The number of likely N-dealkylation sites (tertiary alicyclic amines) is 1. The number of ether oxygens (including phenoxy) is 1. The lowest BCUT2D eigenvalue weighted by Gasteiger charge is -2.27. The van der Waals surface area contributed by atoms with Crippen molar-refractivity contribution in [1.82, 2.24) is 9.88 Å². The van der Waals surface area contributed by atoms with Gasteiger partial charge in [-0.1, -0.05) is 36.4 Å². The van der Waals surface area contributed by atoms with Crippen LogP contribution in [0.5, 0.6) is 5.75 Å². The van der Waals surface area contributed by atoms with E-state index in [2.05, 4.69) is 40.0 Å². The van der Waals surface area contributed by atoms with Crippen LogP contribution in [0, 0.1) is 0 Å². The van der Waals surface area contributed by atoms with Crippen molar-refractivity contribution in [1.29, 1.82) is 0 Å². The number of hydrogen-bond donors (Lipinski definition) is 1. The van der Waals surface area contributed by atoms with Crippen molar-refractivity contribution in [2.75, 3.05) is 25.0 Å². The van der Waals surface area contributed by atoms with Gasteiger partial charge >= 0.3 is 0 Å². The maximum Gasteiger partial charge on any atom is 0.223 e. The van der Waals surface area contributed by atoms with E-state index in [1.807, 2.05) is 18.3 Å². The van der Waals surface area contributed by atoms with Crippen LogP contribution in [0.4, 0.5) is 5.13 Å². The zero-order valence-electron chi connectivity index (χ0n) is 15.6. The molecule has 5 nitrogen and oxygen atoms in total. The van der Waals surface area contributed by atoms with Gasteiger partial charge in [-0.05, 0) is 30.5 Å². The molecule has 1 aromatic carbocycles. The van der Waals surface area contributed by atoms with Crippen LogP contribution in [0.2, 0.25) is 0 Å². The molecule has 6 heteroatoms. The largest absolute Gasteiger partial charge is 0.490 e. The van der Waals surface area contributed by atoms with Crippen LogP contribution in [0.1, 0.15) is 30.2 Å². The minimum Gasteiger partial charge on any atom is -0.490 e. The fraction of sp³-hybridized carbons (Fsp3) is 0.333. The highest BCUT2D eigenvalue weighted by atomic mass is 32.1. The third kappa shape index (κ3) is 6.05. The van der Waals surface area contributed by atoms with E-state index in [9.17, 15) is 4.79 Å². The van der Waals surface area contributed by atoms with E-state index in [0.717, 1.165) is 38.2 Å². The summed E-state index contributed by atoms with van der Waals surface area (Å²) in [7, 11) is 0. The van der Waals surface area contributed by atoms with Crippen molar-refractivity contribution in [3.8, 4) is 5.75 Å². The molecule has 0 aliphatic carbocycles. The number of anilines is 1. The second-order valence-corrected chi connectivity index (χ2v) is 7.68. The molecule has 2 aromatic rings. The lowest BCUT2D eigenvalue weighted by atomic mass is 10.0. The van der Waals surface area contributed by atoms with Gasteiger partial charge in [0.05, 0.1) is 0 Å². The summed E-state index contributed by atoms with van der Waals surface area (Å²) in [5.41, 5.74) is 2.70. The van der Waals surface area contributed by atoms with Crippen LogP contribution in [-0.4, -0.2) is 35.5 Å². The first-order chi connectivity index (χ1) is 13.1. The molecule has 1 saturated heterocycles. The maximum absolute atomic E-state index is 11.1. The molecular weight excluding hydrogens is 358 g/mol. The van der Waals surface area contributed by atoms with E-state index in [4.69, 9.17) is 4.74 Å². The molecule has 0 saturated carbocycles. The predicted molar refractivity (Wildman–Crippen MR) is 111 cm³/mol. The number of thiazole rings is 1. The maximum atomic E-state index is 11.1. The van der Waals surface area contributed by atoms with E-state index in [1.54, 1.807) is 17.4 Å². The number of rotatable bonds is 7. The Balaban J connectivity index is 1.49. The summed E-state index contributed by atoms with van der Waals surface area (Å²) < 4.78 is 5.52. The van der Waals surface area contributed by atoms with Gasteiger partial charge in [0.2, 0.25) is 5.91 Å². The molecule has 1 aliphatic heterocycles. The quantitative estimate of drug-likeness (QED) is 0.723. The molecule has 142 valence electrons. The Morgan fingerprint density at radius 1 is 1.33 bits per heavy atom. The van der Waals surface area contributed by atoms with Crippen LogP contribution in [0.25, 0.3) is 6.08 Å². The highest BCUT2D eigenvalue weighted by molar-refractivity contribution is 7.15. The fourth-order valence-electron chi connectivity index (χ4n) is 3.00. The molecule has 2 heterocycles.